The minimum atomic E-state index is -1.18. The lowest BCUT2D eigenvalue weighted by Gasteiger charge is -2.29. The number of imide groups is 1. The molecule has 0 saturated carbocycles. The van der Waals surface area contributed by atoms with E-state index in [4.69, 9.17) is 0 Å². The number of carboxylic acids is 1. The molecule has 6 heteroatoms. The van der Waals surface area contributed by atoms with Gasteiger partial charge in [0.2, 0.25) is 11.8 Å². The van der Waals surface area contributed by atoms with Crippen molar-refractivity contribution in [1.82, 2.24) is 10.2 Å². The van der Waals surface area contributed by atoms with Gasteiger partial charge in [-0.25, -0.2) is 0 Å². The number of nitrogens with zero attached hydrogens (tertiary/aromatic N) is 1. The lowest BCUT2D eigenvalue weighted by atomic mass is 9.94. The average molecular weight is 298 g/mol. The molecule has 2 unspecified atom stereocenters. The molecule has 2 N–H and O–H groups in total. The summed E-state index contributed by atoms with van der Waals surface area (Å²) < 4.78 is 0. The van der Waals surface area contributed by atoms with Crippen molar-refractivity contribution >= 4 is 17.8 Å². The van der Waals surface area contributed by atoms with E-state index < -0.39 is 17.6 Å². The zero-order valence-electron chi connectivity index (χ0n) is 13.3. The van der Waals surface area contributed by atoms with Gasteiger partial charge >= 0.3 is 5.97 Å². The maximum atomic E-state index is 12.4. The van der Waals surface area contributed by atoms with Gasteiger partial charge in [-0.05, 0) is 26.2 Å². The first kappa shape index (κ1) is 17.6. The summed E-state index contributed by atoms with van der Waals surface area (Å²) in [5.74, 6) is -1.50. The first-order valence-corrected chi connectivity index (χ1v) is 7.67. The molecule has 0 bridgehead atoms. The fourth-order valence-electron chi connectivity index (χ4n) is 2.93. The van der Waals surface area contributed by atoms with Crippen LogP contribution >= 0.6 is 0 Å². The number of amides is 2. The van der Waals surface area contributed by atoms with Crippen molar-refractivity contribution < 1.29 is 19.5 Å². The highest BCUT2D eigenvalue weighted by molar-refractivity contribution is 6.06. The van der Waals surface area contributed by atoms with Crippen LogP contribution in [0.25, 0.3) is 0 Å². The van der Waals surface area contributed by atoms with Crippen molar-refractivity contribution in [2.45, 2.75) is 77.4 Å². The van der Waals surface area contributed by atoms with E-state index in [0.29, 0.717) is 25.7 Å². The van der Waals surface area contributed by atoms with Crippen molar-refractivity contribution in [3.8, 4) is 0 Å². The first-order chi connectivity index (χ1) is 9.80. The molecule has 21 heavy (non-hydrogen) atoms. The minimum absolute atomic E-state index is 0.0436. The van der Waals surface area contributed by atoms with Gasteiger partial charge in [0.15, 0.2) is 0 Å². The van der Waals surface area contributed by atoms with E-state index in [1.54, 1.807) is 6.92 Å². The molecule has 2 amide bonds. The van der Waals surface area contributed by atoms with Crippen LogP contribution in [0.15, 0.2) is 0 Å². The zero-order chi connectivity index (χ0) is 16.2. The molecule has 6 nitrogen and oxygen atoms in total. The van der Waals surface area contributed by atoms with E-state index in [1.165, 1.54) is 4.90 Å². The first-order valence-electron chi connectivity index (χ1n) is 7.67. The van der Waals surface area contributed by atoms with Crippen LogP contribution in [0, 0.1) is 0 Å². The van der Waals surface area contributed by atoms with E-state index in [0.717, 1.165) is 0 Å². The van der Waals surface area contributed by atoms with Gasteiger partial charge in [0.05, 0.1) is 12.5 Å². The van der Waals surface area contributed by atoms with E-state index in [2.05, 4.69) is 5.32 Å². The molecule has 0 aliphatic carbocycles. The predicted octanol–water partition coefficient (Wildman–Crippen LogP) is 1.54. The van der Waals surface area contributed by atoms with Gasteiger partial charge in [-0.15, -0.1) is 0 Å². The molecule has 2 atom stereocenters. The van der Waals surface area contributed by atoms with Gasteiger partial charge in [0.1, 0.15) is 5.54 Å². The number of carboxylic acid groups (broad SMARTS) is 1. The van der Waals surface area contributed by atoms with E-state index in [9.17, 15) is 19.5 Å². The third kappa shape index (κ3) is 3.61. The van der Waals surface area contributed by atoms with Crippen LogP contribution in [0.1, 0.15) is 59.8 Å². The largest absolute Gasteiger partial charge is 0.480 e. The number of aliphatic carboxylic acids is 1. The Labute approximate surface area is 125 Å². The molecule has 1 aliphatic rings. The highest BCUT2D eigenvalue weighted by atomic mass is 16.4. The van der Waals surface area contributed by atoms with Gasteiger partial charge in [0.25, 0.3) is 0 Å². The maximum Gasteiger partial charge on any atom is 0.323 e. The highest BCUT2D eigenvalue weighted by Gasteiger charge is 2.45. The Morgan fingerprint density at radius 1 is 1.38 bits per heavy atom. The summed E-state index contributed by atoms with van der Waals surface area (Å²) in [5.41, 5.74) is -1.18. The van der Waals surface area contributed by atoms with Crippen molar-refractivity contribution in [1.29, 1.82) is 0 Å². The monoisotopic (exact) mass is 298 g/mol. The van der Waals surface area contributed by atoms with Crippen LogP contribution in [0.2, 0.25) is 0 Å². The fraction of sp³-hybridized carbons (Fsp3) is 0.800. The Morgan fingerprint density at radius 3 is 2.38 bits per heavy atom. The second-order valence-electron chi connectivity index (χ2n) is 5.86. The Bertz CT molecular complexity index is 420. The smallest absolute Gasteiger partial charge is 0.323 e. The lowest BCUT2D eigenvalue weighted by molar-refractivity contribution is -0.145. The third-order valence-electron chi connectivity index (χ3n) is 4.21. The minimum Gasteiger partial charge on any atom is -0.480 e. The molecule has 0 aromatic carbocycles. The zero-order valence-corrected chi connectivity index (χ0v) is 13.3. The van der Waals surface area contributed by atoms with Gasteiger partial charge in [-0.1, -0.05) is 27.2 Å². The Kier molecular flexibility index (Phi) is 5.89. The average Bonchev–Trinajstić information content (AvgIpc) is 2.68. The number of rotatable bonds is 8. The van der Waals surface area contributed by atoms with Crippen LogP contribution in [-0.2, 0) is 14.4 Å². The lowest BCUT2D eigenvalue weighted by Crippen LogP contribution is -2.56. The maximum absolute atomic E-state index is 12.4. The normalized spacial score (nSPS) is 22.0. The molecule has 1 rings (SSSR count). The molecule has 0 aromatic heterocycles. The van der Waals surface area contributed by atoms with E-state index in [-0.39, 0.29) is 24.3 Å². The summed E-state index contributed by atoms with van der Waals surface area (Å²) in [5, 5.41) is 12.3. The van der Waals surface area contributed by atoms with Crippen LogP contribution in [0.3, 0.4) is 0 Å². The standard InChI is InChI=1S/C15H26N2O4/c1-5-8-15(4,14(20)21)16-11-9-12(18)17(13(11)19)10(6-2)7-3/h10-11,16H,5-9H2,1-4H3,(H,20,21). The molecule has 1 heterocycles. The highest BCUT2D eigenvalue weighted by Crippen LogP contribution is 2.23. The van der Waals surface area contributed by atoms with Crippen LogP contribution in [0.5, 0.6) is 0 Å². The summed E-state index contributed by atoms with van der Waals surface area (Å²) in [6.07, 6.45) is 2.56. The SMILES string of the molecule is CCCC(C)(NC1CC(=O)N(C(CC)CC)C1=O)C(=O)O. The van der Waals surface area contributed by atoms with Crippen LogP contribution in [-0.4, -0.2) is 45.4 Å². The number of hydrogen-bond acceptors (Lipinski definition) is 4. The van der Waals surface area contributed by atoms with Gasteiger partial charge in [0, 0.05) is 6.04 Å². The number of carbonyl (C=O) groups excluding carboxylic acids is 2. The fourth-order valence-corrected chi connectivity index (χ4v) is 2.93. The molecular weight excluding hydrogens is 272 g/mol. The molecule has 0 radical (unpaired) electrons. The van der Waals surface area contributed by atoms with Crippen molar-refractivity contribution in [3.63, 3.8) is 0 Å². The van der Waals surface area contributed by atoms with Gasteiger partial charge in [-0.3, -0.25) is 24.6 Å². The third-order valence-corrected chi connectivity index (χ3v) is 4.21. The Morgan fingerprint density at radius 2 is 1.95 bits per heavy atom. The van der Waals surface area contributed by atoms with Crippen molar-refractivity contribution in [2.75, 3.05) is 0 Å². The second kappa shape index (κ2) is 7.02. The Balaban J connectivity index is 2.89. The van der Waals surface area contributed by atoms with Crippen molar-refractivity contribution in [2.24, 2.45) is 0 Å². The summed E-state index contributed by atoms with van der Waals surface area (Å²) in [7, 11) is 0. The topological polar surface area (TPSA) is 86.7 Å². The van der Waals surface area contributed by atoms with Crippen LogP contribution < -0.4 is 5.32 Å². The van der Waals surface area contributed by atoms with E-state index in [1.807, 2.05) is 20.8 Å². The van der Waals surface area contributed by atoms with E-state index >= 15 is 0 Å². The molecule has 1 saturated heterocycles. The van der Waals surface area contributed by atoms with Crippen molar-refractivity contribution in [3.05, 3.63) is 0 Å². The predicted molar refractivity (Wildman–Crippen MR) is 78.7 cm³/mol. The molecule has 1 aliphatic heterocycles. The Hall–Kier alpha value is -1.43. The number of nitrogens with one attached hydrogen (secondary N) is 1. The summed E-state index contributed by atoms with van der Waals surface area (Å²) >= 11 is 0. The molecule has 0 aromatic rings. The quantitative estimate of drug-likeness (QED) is 0.664. The molecule has 120 valence electrons. The summed E-state index contributed by atoms with van der Waals surface area (Å²) in [6.45, 7) is 7.33. The second-order valence-corrected chi connectivity index (χ2v) is 5.86. The molecule has 0 spiro atoms. The summed E-state index contributed by atoms with van der Waals surface area (Å²) in [4.78, 5) is 37.3. The van der Waals surface area contributed by atoms with Crippen LogP contribution in [0.4, 0.5) is 0 Å². The number of carbonyl (C=O) groups is 3. The molecular formula is C15H26N2O4. The summed E-state index contributed by atoms with van der Waals surface area (Å²) in [6, 6.07) is -0.829. The van der Waals surface area contributed by atoms with Gasteiger partial charge < -0.3 is 5.11 Å². The van der Waals surface area contributed by atoms with Gasteiger partial charge in [-0.2, -0.15) is 0 Å². The molecule has 1 fully saturated rings. The number of likely N-dealkylation sites (tertiary alicyclic amines) is 1. The number of hydrogen-bond donors (Lipinski definition) is 2.